The van der Waals surface area contributed by atoms with E-state index in [1.54, 1.807) is 0 Å². The third-order valence-corrected chi connectivity index (χ3v) is 6.11. The Labute approximate surface area is 174 Å². The summed E-state index contributed by atoms with van der Waals surface area (Å²) in [6.07, 6.45) is 5.90. The van der Waals surface area contributed by atoms with Gasteiger partial charge < -0.3 is 15.0 Å². The molecule has 2 heterocycles. The number of likely N-dealkylation sites (tertiary alicyclic amines) is 2. The Morgan fingerprint density at radius 2 is 1.93 bits per heavy atom. The molecule has 0 aliphatic carbocycles. The van der Waals surface area contributed by atoms with Crippen molar-refractivity contribution in [1.82, 2.24) is 15.1 Å². The van der Waals surface area contributed by atoms with Crippen LogP contribution in [0.5, 0.6) is 5.75 Å². The number of benzene rings is 1. The molecule has 0 spiro atoms. The lowest BCUT2D eigenvalue weighted by Crippen LogP contribution is -2.47. The largest absolute Gasteiger partial charge is 0.493 e. The molecule has 0 aromatic heterocycles. The van der Waals surface area contributed by atoms with Gasteiger partial charge in [0.25, 0.3) is 0 Å². The van der Waals surface area contributed by atoms with Gasteiger partial charge in [0.2, 0.25) is 11.8 Å². The number of para-hydroxylation sites is 1. The van der Waals surface area contributed by atoms with Gasteiger partial charge in [0.05, 0.1) is 18.9 Å². The van der Waals surface area contributed by atoms with E-state index in [0.29, 0.717) is 32.2 Å². The highest BCUT2D eigenvalue weighted by molar-refractivity contribution is 5.81. The number of hydrogen-bond donors (Lipinski definition) is 1. The molecule has 2 amide bonds. The third-order valence-electron chi connectivity index (χ3n) is 6.11. The minimum Gasteiger partial charge on any atom is -0.493 e. The molecule has 2 saturated heterocycles. The van der Waals surface area contributed by atoms with Gasteiger partial charge in [-0.15, -0.1) is 0 Å². The fraction of sp³-hybridized carbons (Fsp3) is 0.652. The zero-order chi connectivity index (χ0) is 20.5. The number of nitrogens with one attached hydrogen (secondary N) is 1. The van der Waals surface area contributed by atoms with Crippen molar-refractivity contribution in [3.63, 3.8) is 0 Å². The minimum absolute atomic E-state index is 0.0700. The number of carbonyl (C=O) groups is 2. The van der Waals surface area contributed by atoms with Crippen LogP contribution in [0.2, 0.25) is 0 Å². The zero-order valence-corrected chi connectivity index (χ0v) is 17.6. The maximum atomic E-state index is 12.6. The summed E-state index contributed by atoms with van der Waals surface area (Å²) < 4.78 is 5.63. The van der Waals surface area contributed by atoms with Crippen LogP contribution in [0.25, 0.3) is 0 Å². The van der Waals surface area contributed by atoms with Gasteiger partial charge in [-0.1, -0.05) is 24.6 Å². The molecule has 0 radical (unpaired) electrons. The lowest BCUT2D eigenvalue weighted by Gasteiger charge is -2.34. The summed E-state index contributed by atoms with van der Waals surface area (Å²) in [5.41, 5.74) is 0. The van der Waals surface area contributed by atoms with Gasteiger partial charge in [0.1, 0.15) is 5.75 Å². The highest BCUT2D eigenvalue weighted by atomic mass is 16.5. The first-order chi connectivity index (χ1) is 14.1. The van der Waals surface area contributed by atoms with E-state index in [0.717, 1.165) is 38.2 Å². The van der Waals surface area contributed by atoms with Crippen molar-refractivity contribution in [1.29, 1.82) is 0 Å². The van der Waals surface area contributed by atoms with Gasteiger partial charge in [-0.05, 0) is 51.3 Å². The molecular formula is C23H35N3O3. The Morgan fingerprint density at radius 1 is 1.10 bits per heavy atom. The van der Waals surface area contributed by atoms with Crippen LogP contribution >= 0.6 is 0 Å². The van der Waals surface area contributed by atoms with Gasteiger partial charge in [0.15, 0.2) is 0 Å². The first kappa shape index (κ1) is 21.6. The second-order valence-electron chi connectivity index (χ2n) is 8.26. The SMILES string of the molecule is CC1CCCCN1CCNC(=O)C1CCCN(C(=O)CCOc2ccccc2)C1. The number of amides is 2. The summed E-state index contributed by atoms with van der Waals surface area (Å²) in [6.45, 7) is 6.64. The average molecular weight is 402 g/mol. The van der Waals surface area contributed by atoms with E-state index in [4.69, 9.17) is 4.74 Å². The van der Waals surface area contributed by atoms with Gasteiger partial charge in [-0.3, -0.25) is 14.5 Å². The summed E-state index contributed by atoms with van der Waals surface area (Å²) in [6, 6.07) is 10.1. The van der Waals surface area contributed by atoms with Gasteiger partial charge in [-0.2, -0.15) is 0 Å². The van der Waals surface area contributed by atoms with E-state index in [2.05, 4.69) is 17.1 Å². The molecule has 2 aliphatic rings. The molecule has 160 valence electrons. The smallest absolute Gasteiger partial charge is 0.226 e. The summed E-state index contributed by atoms with van der Waals surface area (Å²) >= 11 is 0. The third kappa shape index (κ3) is 6.74. The van der Waals surface area contributed by atoms with Crippen LogP contribution in [0.3, 0.4) is 0 Å². The fourth-order valence-electron chi connectivity index (χ4n) is 4.31. The molecule has 3 rings (SSSR count). The maximum absolute atomic E-state index is 12.6. The monoisotopic (exact) mass is 401 g/mol. The maximum Gasteiger partial charge on any atom is 0.226 e. The number of nitrogens with zero attached hydrogens (tertiary/aromatic N) is 2. The molecule has 1 aromatic carbocycles. The second-order valence-corrected chi connectivity index (χ2v) is 8.26. The lowest BCUT2D eigenvalue weighted by molar-refractivity contribution is -0.136. The predicted molar refractivity (Wildman–Crippen MR) is 114 cm³/mol. The molecular weight excluding hydrogens is 366 g/mol. The van der Waals surface area contributed by atoms with Crippen molar-refractivity contribution in [2.24, 2.45) is 5.92 Å². The highest BCUT2D eigenvalue weighted by Gasteiger charge is 2.28. The summed E-state index contributed by atoms with van der Waals surface area (Å²) in [4.78, 5) is 29.4. The van der Waals surface area contributed by atoms with Crippen LogP contribution in [0.15, 0.2) is 30.3 Å². The van der Waals surface area contributed by atoms with Crippen LogP contribution in [0.4, 0.5) is 0 Å². The Hall–Kier alpha value is -2.08. The van der Waals surface area contributed by atoms with Crippen LogP contribution in [0, 0.1) is 5.92 Å². The van der Waals surface area contributed by atoms with Crippen LogP contribution in [0.1, 0.15) is 45.4 Å². The molecule has 1 aromatic rings. The van der Waals surface area contributed by atoms with E-state index in [-0.39, 0.29) is 17.7 Å². The Bertz CT molecular complexity index is 652. The molecule has 6 heteroatoms. The van der Waals surface area contributed by atoms with Crippen LogP contribution in [-0.2, 0) is 9.59 Å². The molecule has 1 N–H and O–H groups in total. The van der Waals surface area contributed by atoms with E-state index in [1.165, 1.54) is 19.3 Å². The predicted octanol–water partition coefficient (Wildman–Crippen LogP) is 2.68. The van der Waals surface area contributed by atoms with Crippen molar-refractivity contribution in [3.05, 3.63) is 30.3 Å². The molecule has 0 bridgehead atoms. The highest BCUT2D eigenvalue weighted by Crippen LogP contribution is 2.18. The Kier molecular flexibility index (Phi) is 8.35. The standard InChI is InChI=1S/C23H35N3O3/c1-19-8-5-6-14-25(19)16-13-24-23(28)20-9-7-15-26(18-20)22(27)12-17-29-21-10-3-2-4-11-21/h2-4,10-11,19-20H,5-9,12-18H2,1H3,(H,24,28). The van der Waals surface area contributed by atoms with Crippen LogP contribution < -0.4 is 10.1 Å². The molecule has 0 saturated carbocycles. The van der Waals surface area contributed by atoms with Crippen molar-refractivity contribution in [3.8, 4) is 5.75 Å². The summed E-state index contributed by atoms with van der Waals surface area (Å²) in [5, 5.41) is 3.10. The summed E-state index contributed by atoms with van der Waals surface area (Å²) in [7, 11) is 0. The van der Waals surface area contributed by atoms with Crippen molar-refractivity contribution >= 4 is 11.8 Å². The van der Waals surface area contributed by atoms with E-state index in [1.807, 2.05) is 35.2 Å². The number of carbonyl (C=O) groups excluding carboxylic acids is 2. The van der Waals surface area contributed by atoms with Crippen LogP contribution in [-0.4, -0.2) is 67.0 Å². The topological polar surface area (TPSA) is 61.9 Å². The molecule has 2 aliphatic heterocycles. The van der Waals surface area contributed by atoms with Crippen molar-refractivity contribution in [2.75, 3.05) is 39.3 Å². The number of rotatable bonds is 8. The summed E-state index contributed by atoms with van der Waals surface area (Å²) in [5.74, 6) is 0.842. The van der Waals surface area contributed by atoms with E-state index in [9.17, 15) is 9.59 Å². The quantitative estimate of drug-likeness (QED) is 0.728. The van der Waals surface area contributed by atoms with Crippen molar-refractivity contribution in [2.45, 2.75) is 51.5 Å². The lowest BCUT2D eigenvalue weighted by atomic mass is 9.97. The normalized spacial score (nSPS) is 22.9. The zero-order valence-electron chi connectivity index (χ0n) is 17.6. The number of hydrogen-bond acceptors (Lipinski definition) is 4. The van der Waals surface area contributed by atoms with E-state index >= 15 is 0 Å². The van der Waals surface area contributed by atoms with Crippen molar-refractivity contribution < 1.29 is 14.3 Å². The Morgan fingerprint density at radius 3 is 2.72 bits per heavy atom. The molecule has 29 heavy (non-hydrogen) atoms. The van der Waals surface area contributed by atoms with E-state index < -0.39 is 0 Å². The second kappa shape index (κ2) is 11.2. The molecule has 2 unspecified atom stereocenters. The minimum atomic E-state index is -0.0958. The molecule has 2 atom stereocenters. The molecule has 6 nitrogen and oxygen atoms in total. The van der Waals surface area contributed by atoms with Gasteiger partial charge in [0, 0.05) is 32.2 Å². The van der Waals surface area contributed by atoms with Gasteiger partial charge in [-0.25, -0.2) is 0 Å². The first-order valence-corrected chi connectivity index (χ1v) is 11.1. The number of ether oxygens (including phenoxy) is 1. The first-order valence-electron chi connectivity index (χ1n) is 11.1. The average Bonchev–Trinajstić information content (AvgIpc) is 2.76. The Balaban J connectivity index is 1.36. The van der Waals surface area contributed by atoms with Gasteiger partial charge >= 0.3 is 0 Å². The number of piperidine rings is 2. The molecule has 2 fully saturated rings. The fourth-order valence-corrected chi connectivity index (χ4v) is 4.31.